The number of aliphatic imine (C=N–C) groups is 1. The second-order valence-corrected chi connectivity index (χ2v) is 7.23. The Morgan fingerprint density at radius 1 is 1.30 bits per heavy atom. The molecule has 7 heteroatoms. The second-order valence-electron chi connectivity index (χ2n) is 7.23. The molecule has 0 bridgehead atoms. The van der Waals surface area contributed by atoms with Gasteiger partial charge in [0.05, 0.1) is 18.3 Å². The lowest BCUT2D eigenvalue weighted by molar-refractivity contribution is 0.271. The summed E-state index contributed by atoms with van der Waals surface area (Å²) in [5.41, 5.74) is 2.81. The Morgan fingerprint density at radius 3 is 2.81 bits per heavy atom. The van der Waals surface area contributed by atoms with Crippen LogP contribution >= 0.6 is 0 Å². The average Bonchev–Trinajstić information content (AvgIpc) is 2.70. The van der Waals surface area contributed by atoms with Crippen molar-refractivity contribution < 1.29 is 5.11 Å². The van der Waals surface area contributed by atoms with Crippen molar-refractivity contribution in [3.05, 3.63) is 35.8 Å². The number of fused-ring (bicyclic) bond motifs is 1. The van der Waals surface area contributed by atoms with Gasteiger partial charge in [-0.1, -0.05) is 26.8 Å². The maximum atomic E-state index is 9.50. The first-order chi connectivity index (χ1) is 13.1. The van der Waals surface area contributed by atoms with Crippen LogP contribution in [0, 0.1) is 11.8 Å². The third-order valence-electron chi connectivity index (χ3n) is 4.87. The third-order valence-corrected chi connectivity index (χ3v) is 4.87. The van der Waals surface area contributed by atoms with E-state index in [-0.39, 0.29) is 12.6 Å². The van der Waals surface area contributed by atoms with Gasteiger partial charge in [-0.15, -0.1) is 0 Å². The molecule has 3 heterocycles. The predicted octanol–water partition coefficient (Wildman–Crippen LogP) is 3.20. The smallest absolute Gasteiger partial charge is 0.225 e. The van der Waals surface area contributed by atoms with E-state index in [4.69, 9.17) is 4.98 Å². The van der Waals surface area contributed by atoms with Crippen LogP contribution in [0.1, 0.15) is 38.4 Å². The van der Waals surface area contributed by atoms with Gasteiger partial charge < -0.3 is 15.7 Å². The van der Waals surface area contributed by atoms with Crippen LogP contribution in [0.3, 0.4) is 0 Å². The Hall–Kier alpha value is -2.54. The molecule has 0 amide bonds. The van der Waals surface area contributed by atoms with Gasteiger partial charge in [-0.3, -0.25) is 9.98 Å². The Morgan fingerprint density at radius 2 is 2.15 bits per heavy atom. The monoisotopic (exact) mass is 368 g/mol. The molecular formula is C20H28N6O. The minimum Gasteiger partial charge on any atom is -0.394 e. The zero-order valence-electron chi connectivity index (χ0n) is 16.2. The van der Waals surface area contributed by atoms with E-state index >= 15 is 0 Å². The maximum Gasteiger partial charge on any atom is 0.225 e. The number of aromatic nitrogens is 3. The molecule has 2 aromatic heterocycles. The fraction of sp³-hybridized carbons (Fsp3) is 0.500. The molecule has 0 spiro atoms. The number of aliphatic hydroxyl groups excluding tert-OH is 1. The molecule has 144 valence electrons. The van der Waals surface area contributed by atoms with Crippen LogP contribution in [0.5, 0.6) is 0 Å². The first kappa shape index (κ1) is 19.2. The Kier molecular flexibility index (Phi) is 6.34. The number of hydrogen-bond acceptors (Lipinski definition) is 7. The molecule has 0 aromatic carbocycles. The summed E-state index contributed by atoms with van der Waals surface area (Å²) in [6.07, 6.45) is 7.24. The van der Waals surface area contributed by atoms with E-state index < -0.39 is 0 Å². The number of nitrogens with one attached hydrogen (secondary N) is 2. The van der Waals surface area contributed by atoms with Crippen molar-refractivity contribution >= 4 is 23.7 Å². The average molecular weight is 368 g/mol. The standard InChI is InChI=1S/C20H28N6O/c1-4-16(12-27)24-20-25-17-8-15(13(2)3)11-22-18(17)19(26-20)23-10-14-6-5-7-21-9-14/h5-7,9,11,13,15-16,27H,4,8,10,12H2,1-3H3,(H2,23,24,25,26)/t15?,16-/m1/s1. The minimum absolute atomic E-state index is 0.0438. The lowest BCUT2D eigenvalue weighted by Crippen LogP contribution is -2.25. The molecule has 2 aromatic rings. The van der Waals surface area contributed by atoms with E-state index in [1.54, 1.807) is 6.20 Å². The van der Waals surface area contributed by atoms with Crippen LogP contribution in [0.25, 0.3) is 0 Å². The molecule has 0 radical (unpaired) electrons. The lowest BCUT2D eigenvalue weighted by atomic mass is 9.90. The SMILES string of the molecule is CC[C@H](CO)Nc1nc2c(c(NCc3cccnc3)n1)N=CC(C(C)C)C2. The summed E-state index contributed by atoms with van der Waals surface area (Å²) >= 11 is 0. The summed E-state index contributed by atoms with van der Waals surface area (Å²) in [6, 6.07) is 3.86. The number of anilines is 2. The first-order valence-corrected chi connectivity index (χ1v) is 9.56. The van der Waals surface area contributed by atoms with E-state index in [2.05, 4.69) is 39.4 Å². The van der Waals surface area contributed by atoms with Gasteiger partial charge >= 0.3 is 0 Å². The van der Waals surface area contributed by atoms with Gasteiger partial charge in [0.15, 0.2) is 5.82 Å². The van der Waals surface area contributed by atoms with Gasteiger partial charge in [0, 0.05) is 37.5 Å². The Labute approximate surface area is 160 Å². The topological polar surface area (TPSA) is 95.3 Å². The largest absolute Gasteiger partial charge is 0.394 e. The van der Waals surface area contributed by atoms with Crippen molar-refractivity contribution in [1.29, 1.82) is 0 Å². The second kappa shape index (κ2) is 8.90. The number of pyridine rings is 1. The minimum atomic E-state index is -0.0674. The number of hydrogen-bond donors (Lipinski definition) is 3. The maximum absolute atomic E-state index is 9.50. The highest BCUT2D eigenvalue weighted by molar-refractivity contribution is 5.77. The van der Waals surface area contributed by atoms with Crippen LogP contribution in [0.4, 0.5) is 17.5 Å². The van der Waals surface area contributed by atoms with Gasteiger partial charge in [-0.25, -0.2) is 4.98 Å². The van der Waals surface area contributed by atoms with E-state index in [0.717, 1.165) is 29.8 Å². The van der Waals surface area contributed by atoms with Crippen LogP contribution in [-0.2, 0) is 13.0 Å². The van der Waals surface area contributed by atoms with Crippen molar-refractivity contribution in [2.75, 3.05) is 17.2 Å². The van der Waals surface area contributed by atoms with Gasteiger partial charge in [-0.05, 0) is 24.0 Å². The zero-order valence-corrected chi connectivity index (χ0v) is 16.2. The lowest BCUT2D eigenvalue weighted by Gasteiger charge is -2.24. The van der Waals surface area contributed by atoms with E-state index in [1.165, 1.54) is 0 Å². The van der Waals surface area contributed by atoms with Crippen molar-refractivity contribution in [1.82, 2.24) is 15.0 Å². The molecule has 7 nitrogen and oxygen atoms in total. The van der Waals surface area contributed by atoms with E-state index in [0.29, 0.717) is 30.1 Å². The molecular weight excluding hydrogens is 340 g/mol. The van der Waals surface area contributed by atoms with Crippen molar-refractivity contribution in [2.45, 2.75) is 46.2 Å². The number of rotatable bonds is 8. The summed E-state index contributed by atoms with van der Waals surface area (Å²) in [5.74, 6) is 2.10. The quantitative estimate of drug-likeness (QED) is 0.662. The van der Waals surface area contributed by atoms with Gasteiger partial charge in [0.1, 0.15) is 5.69 Å². The van der Waals surface area contributed by atoms with Crippen LogP contribution < -0.4 is 10.6 Å². The number of aliphatic hydroxyl groups is 1. The van der Waals surface area contributed by atoms with Crippen molar-refractivity contribution in [3.63, 3.8) is 0 Å². The predicted molar refractivity (Wildman–Crippen MR) is 109 cm³/mol. The summed E-state index contributed by atoms with van der Waals surface area (Å²) in [4.78, 5) is 18.1. The van der Waals surface area contributed by atoms with Gasteiger partial charge in [0.25, 0.3) is 0 Å². The molecule has 0 aliphatic carbocycles. The summed E-state index contributed by atoms with van der Waals surface area (Å²) in [7, 11) is 0. The van der Waals surface area contributed by atoms with Crippen LogP contribution in [0.2, 0.25) is 0 Å². The molecule has 3 rings (SSSR count). The molecule has 1 aliphatic heterocycles. The molecule has 27 heavy (non-hydrogen) atoms. The molecule has 2 atom stereocenters. The molecule has 0 fully saturated rings. The first-order valence-electron chi connectivity index (χ1n) is 9.56. The van der Waals surface area contributed by atoms with E-state index in [1.807, 2.05) is 31.5 Å². The molecule has 0 saturated carbocycles. The number of nitrogens with zero attached hydrogens (tertiary/aromatic N) is 4. The highest BCUT2D eigenvalue weighted by atomic mass is 16.3. The summed E-state index contributed by atoms with van der Waals surface area (Å²) in [6.45, 7) is 7.07. The third kappa shape index (κ3) is 4.80. The fourth-order valence-corrected chi connectivity index (χ4v) is 2.97. The normalized spacial score (nSPS) is 16.9. The Bertz CT molecular complexity index is 774. The Balaban J connectivity index is 1.89. The fourth-order valence-electron chi connectivity index (χ4n) is 2.97. The molecule has 1 aliphatic rings. The highest BCUT2D eigenvalue weighted by Gasteiger charge is 2.23. The van der Waals surface area contributed by atoms with Crippen molar-refractivity contribution in [2.24, 2.45) is 16.8 Å². The van der Waals surface area contributed by atoms with Crippen molar-refractivity contribution in [3.8, 4) is 0 Å². The van der Waals surface area contributed by atoms with Crippen LogP contribution in [-0.4, -0.2) is 38.9 Å². The zero-order chi connectivity index (χ0) is 19.2. The summed E-state index contributed by atoms with van der Waals surface area (Å²) in [5, 5.41) is 16.1. The van der Waals surface area contributed by atoms with Gasteiger partial charge in [-0.2, -0.15) is 4.98 Å². The van der Waals surface area contributed by atoms with Gasteiger partial charge in [0.2, 0.25) is 5.95 Å². The molecule has 1 unspecified atom stereocenters. The highest BCUT2D eigenvalue weighted by Crippen LogP contribution is 2.34. The molecule has 3 N–H and O–H groups in total. The van der Waals surface area contributed by atoms with E-state index in [9.17, 15) is 5.11 Å². The summed E-state index contributed by atoms with van der Waals surface area (Å²) < 4.78 is 0. The van der Waals surface area contributed by atoms with Crippen LogP contribution in [0.15, 0.2) is 29.5 Å². The molecule has 0 saturated heterocycles.